The zero-order valence-corrected chi connectivity index (χ0v) is 17.5. The third kappa shape index (κ3) is 5.69. The summed E-state index contributed by atoms with van der Waals surface area (Å²) < 4.78 is 39.3. The Morgan fingerprint density at radius 3 is 2.67 bits per heavy atom. The van der Waals surface area contributed by atoms with Crippen LogP contribution in [0.15, 0.2) is 59.1 Å². The van der Waals surface area contributed by atoms with E-state index in [1.807, 2.05) is 6.07 Å². The fraction of sp³-hybridized carbons (Fsp3) is 0.190. The maximum atomic E-state index is 13.1. The lowest BCUT2D eigenvalue weighted by molar-refractivity contribution is -0.384. The molecule has 2 amide bonds. The molecule has 0 radical (unpaired) electrons. The van der Waals surface area contributed by atoms with E-state index >= 15 is 0 Å². The number of hydrogen-bond acceptors (Lipinski definition) is 6. The van der Waals surface area contributed by atoms with Crippen molar-refractivity contribution in [1.82, 2.24) is 5.32 Å². The third-order valence-electron chi connectivity index (χ3n) is 4.69. The largest absolute Gasteiger partial charge is 0.418 e. The van der Waals surface area contributed by atoms with Gasteiger partial charge in [0.15, 0.2) is 0 Å². The average Bonchev–Trinajstić information content (AvgIpc) is 2.77. The van der Waals surface area contributed by atoms with E-state index in [4.69, 9.17) is 0 Å². The van der Waals surface area contributed by atoms with Crippen LogP contribution in [-0.4, -0.2) is 22.5 Å². The van der Waals surface area contributed by atoms with Gasteiger partial charge in [0.1, 0.15) is 0 Å². The van der Waals surface area contributed by atoms with E-state index in [-0.39, 0.29) is 28.5 Å². The number of non-ortho nitro benzene ring substituents is 1. The van der Waals surface area contributed by atoms with E-state index < -0.39 is 40.1 Å². The molecule has 170 valence electrons. The molecule has 2 N–H and O–H groups in total. The standard InChI is InChI=1S/C21H15F3N4O4S/c22-21(23,24)16-6-1-2-7-17(16)26-19(30)11-33-20-15(10-25)14(9-18(29)27-20)12-4-3-5-13(8-12)28(31)32/h1-8,14H,9,11H2,(H,26,30)(H,27,29)/t14-/m1/s1. The van der Waals surface area contributed by atoms with Gasteiger partial charge in [-0.05, 0) is 17.7 Å². The molecule has 2 aromatic rings. The molecule has 0 saturated carbocycles. The van der Waals surface area contributed by atoms with Crippen molar-refractivity contribution in [3.05, 3.63) is 80.4 Å². The predicted molar refractivity (Wildman–Crippen MR) is 114 cm³/mol. The number of amides is 2. The zero-order chi connectivity index (χ0) is 24.2. The van der Waals surface area contributed by atoms with E-state index in [1.165, 1.54) is 30.3 Å². The number of nitrogens with zero attached hydrogens (tertiary/aromatic N) is 2. The molecular weight excluding hydrogens is 461 g/mol. The molecule has 1 aliphatic rings. The number of hydrogen-bond donors (Lipinski definition) is 2. The summed E-state index contributed by atoms with van der Waals surface area (Å²) in [6.45, 7) is 0. The van der Waals surface area contributed by atoms with Crippen molar-refractivity contribution in [2.75, 3.05) is 11.1 Å². The van der Waals surface area contributed by atoms with Crippen LogP contribution in [0.2, 0.25) is 0 Å². The maximum absolute atomic E-state index is 13.1. The summed E-state index contributed by atoms with van der Waals surface area (Å²) in [6.07, 6.45) is -4.78. The van der Waals surface area contributed by atoms with E-state index in [0.29, 0.717) is 5.56 Å². The fourth-order valence-electron chi connectivity index (χ4n) is 3.24. The highest BCUT2D eigenvalue weighted by atomic mass is 32.2. The Hall–Kier alpha value is -3.85. The number of para-hydroxylation sites is 1. The van der Waals surface area contributed by atoms with Crippen LogP contribution in [0, 0.1) is 21.4 Å². The van der Waals surface area contributed by atoms with Crippen molar-refractivity contribution in [3.8, 4) is 6.07 Å². The molecular formula is C21H15F3N4O4S. The summed E-state index contributed by atoms with van der Waals surface area (Å²) in [5, 5.41) is 25.5. The first-order valence-corrected chi connectivity index (χ1v) is 10.4. The fourth-order valence-corrected chi connectivity index (χ4v) is 4.11. The van der Waals surface area contributed by atoms with Gasteiger partial charge in [-0.25, -0.2) is 0 Å². The van der Waals surface area contributed by atoms with Crippen molar-refractivity contribution >= 4 is 35.0 Å². The monoisotopic (exact) mass is 476 g/mol. The van der Waals surface area contributed by atoms with Gasteiger partial charge < -0.3 is 10.6 Å². The minimum Gasteiger partial charge on any atom is -0.325 e. The number of alkyl halides is 3. The molecule has 33 heavy (non-hydrogen) atoms. The second-order valence-electron chi connectivity index (χ2n) is 6.89. The van der Waals surface area contributed by atoms with Crippen molar-refractivity contribution in [2.24, 2.45) is 0 Å². The Bertz CT molecular complexity index is 1190. The molecule has 1 aliphatic heterocycles. The van der Waals surface area contributed by atoms with Crippen molar-refractivity contribution < 1.29 is 27.7 Å². The van der Waals surface area contributed by atoms with Gasteiger partial charge in [-0.2, -0.15) is 18.4 Å². The molecule has 0 spiro atoms. The Labute approximate surface area is 189 Å². The van der Waals surface area contributed by atoms with E-state index in [1.54, 1.807) is 6.07 Å². The number of carbonyl (C=O) groups is 2. The quantitative estimate of drug-likeness (QED) is 0.472. The lowest BCUT2D eigenvalue weighted by Crippen LogP contribution is -2.31. The van der Waals surface area contributed by atoms with Crippen molar-refractivity contribution in [2.45, 2.75) is 18.5 Å². The molecule has 1 atom stereocenters. The van der Waals surface area contributed by atoms with E-state index in [0.717, 1.165) is 23.9 Å². The molecule has 12 heteroatoms. The highest BCUT2D eigenvalue weighted by molar-refractivity contribution is 8.03. The van der Waals surface area contributed by atoms with Gasteiger partial charge in [-0.3, -0.25) is 19.7 Å². The number of nitro benzene ring substituents is 1. The van der Waals surface area contributed by atoms with Gasteiger partial charge in [0.25, 0.3) is 5.69 Å². The number of carbonyl (C=O) groups excluding carboxylic acids is 2. The zero-order valence-electron chi connectivity index (χ0n) is 16.7. The van der Waals surface area contributed by atoms with E-state index in [9.17, 15) is 38.1 Å². The van der Waals surface area contributed by atoms with Gasteiger partial charge in [-0.15, -0.1) is 0 Å². The normalized spacial score (nSPS) is 16.1. The first-order chi connectivity index (χ1) is 15.6. The lowest BCUT2D eigenvalue weighted by Gasteiger charge is -2.25. The number of nitro groups is 1. The molecule has 0 unspecified atom stereocenters. The second kappa shape index (κ2) is 9.74. The molecule has 0 aliphatic carbocycles. The number of allylic oxidation sites excluding steroid dienone is 1. The minimum absolute atomic E-state index is 0.0736. The smallest absolute Gasteiger partial charge is 0.325 e. The number of anilines is 1. The highest BCUT2D eigenvalue weighted by Gasteiger charge is 2.34. The summed E-state index contributed by atoms with van der Waals surface area (Å²) in [7, 11) is 0. The number of nitriles is 1. The van der Waals surface area contributed by atoms with Crippen LogP contribution in [0.4, 0.5) is 24.5 Å². The predicted octanol–water partition coefficient (Wildman–Crippen LogP) is 4.32. The van der Waals surface area contributed by atoms with Gasteiger partial charge >= 0.3 is 6.18 Å². The van der Waals surface area contributed by atoms with Gasteiger partial charge in [0.05, 0.1) is 38.6 Å². The minimum atomic E-state index is -4.66. The highest BCUT2D eigenvalue weighted by Crippen LogP contribution is 2.37. The average molecular weight is 476 g/mol. The second-order valence-corrected chi connectivity index (χ2v) is 7.88. The molecule has 0 bridgehead atoms. The summed E-state index contributed by atoms with van der Waals surface area (Å²) in [4.78, 5) is 35.0. The van der Waals surface area contributed by atoms with Gasteiger partial charge in [0.2, 0.25) is 11.8 Å². The maximum Gasteiger partial charge on any atom is 0.418 e. The first-order valence-electron chi connectivity index (χ1n) is 9.37. The summed E-state index contributed by atoms with van der Waals surface area (Å²) in [5.41, 5.74) is -1.13. The number of thioether (sulfide) groups is 1. The number of nitrogens with one attached hydrogen (secondary N) is 2. The van der Waals surface area contributed by atoms with Crippen molar-refractivity contribution in [1.29, 1.82) is 5.26 Å². The van der Waals surface area contributed by atoms with Crippen LogP contribution in [0.3, 0.4) is 0 Å². The summed E-state index contributed by atoms with van der Waals surface area (Å²) in [5.74, 6) is -2.38. The molecule has 2 aromatic carbocycles. The molecule has 0 aromatic heterocycles. The van der Waals surface area contributed by atoms with Gasteiger partial charge in [0, 0.05) is 24.5 Å². The topological polar surface area (TPSA) is 125 Å². The van der Waals surface area contributed by atoms with Crippen molar-refractivity contribution in [3.63, 3.8) is 0 Å². The Morgan fingerprint density at radius 1 is 1.27 bits per heavy atom. The van der Waals surface area contributed by atoms with Crippen LogP contribution in [0.5, 0.6) is 0 Å². The Morgan fingerprint density at radius 2 is 2.00 bits per heavy atom. The van der Waals surface area contributed by atoms with Crippen LogP contribution in [0.25, 0.3) is 0 Å². The Kier molecular flexibility index (Phi) is 7.03. The van der Waals surface area contributed by atoms with Crippen LogP contribution >= 0.6 is 11.8 Å². The summed E-state index contributed by atoms with van der Waals surface area (Å²) >= 11 is 0.781. The molecule has 3 rings (SSSR count). The van der Waals surface area contributed by atoms with Crippen LogP contribution < -0.4 is 10.6 Å². The van der Waals surface area contributed by atoms with Crippen LogP contribution in [-0.2, 0) is 15.8 Å². The third-order valence-corrected chi connectivity index (χ3v) is 5.71. The molecule has 0 saturated heterocycles. The molecule has 1 heterocycles. The lowest BCUT2D eigenvalue weighted by atomic mass is 9.87. The summed E-state index contributed by atoms with van der Waals surface area (Å²) in [6, 6.07) is 12.0. The van der Waals surface area contributed by atoms with Gasteiger partial charge in [-0.1, -0.05) is 36.0 Å². The first kappa shape index (κ1) is 23.8. The van der Waals surface area contributed by atoms with Crippen LogP contribution in [0.1, 0.15) is 23.5 Å². The number of benzene rings is 2. The molecule has 8 nitrogen and oxygen atoms in total. The SMILES string of the molecule is N#CC1=C(SCC(=O)Nc2ccccc2C(F)(F)F)NC(=O)C[C@@H]1c1cccc([N+](=O)[O-])c1. The van der Waals surface area contributed by atoms with E-state index in [2.05, 4.69) is 10.6 Å². The molecule has 0 fully saturated rings. The Balaban J connectivity index is 1.80. The number of rotatable bonds is 6. The number of halogens is 3.